The topological polar surface area (TPSA) is 96.0 Å². The Kier molecular flexibility index (Phi) is 11.8. The second-order valence-corrected chi connectivity index (χ2v) is 13.1. The predicted octanol–water partition coefficient (Wildman–Crippen LogP) is 6.24. The maximum absolute atomic E-state index is 14.5. The molecule has 0 aliphatic carbocycles. The van der Waals surface area contributed by atoms with Gasteiger partial charge in [-0.1, -0.05) is 67.1 Å². The van der Waals surface area contributed by atoms with Crippen molar-refractivity contribution in [1.82, 2.24) is 10.2 Å². The van der Waals surface area contributed by atoms with E-state index in [2.05, 4.69) is 5.32 Å². The van der Waals surface area contributed by atoms with E-state index < -0.39 is 34.3 Å². The van der Waals surface area contributed by atoms with Crippen molar-refractivity contribution >= 4 is 39.1 Å². The molecular formula is C35H37ClFN3O5S. The van der Waals surface area contributed by atoms with E-state index in [1.165, 1.54) is 48.4 Å². The number of nitrogens with one attached hydrogen (secondary N) is 1. The van der Waals surface area contributed by atoms with Crippen LogP contribution in [0.4, 0.5) is 10.1 Å². The molecule has 0 saturated heterocycles. The molecule has 4 aromatic rings. The minimum Gasteiger partial charge on any atom is -0.497 e. The van der Waals surface area contributed by atoms with Crippen LogP contribution >= 0.6 is 11.6 Å². The van der Waals surface area contributed by atoms with Crippen molar-refractivity contribution < 1.29 is 27.1 Å². The zero-order valence-corrected chi connectivity index (χ0v) is 27.5. The van der Waals surface area contributed by atoms with E-state index >= 15 is 0 Å². The summed E-state index contributed by atoms with van der Waals surface area (Å²) in [6.45, 7) is 3.07. The number of benzene rings is 4. The number of nitrogens with zero attached hydrogens (tertiary/aromatic N) is 2. The van der Waals surface area contributed by atoms with Gasteiger partial charge >= 0.3 is 0 Å². The Bertz CT molecular complexity index is 1720. The van der Waals surface area contributed by atoms with Gasteiger partial charge in [0.2, 0.25) is 11.8 Å². The number of rotatable bonds is 14. The standard InChI is InChI=1S/C35H37ClFN3O5S/c1-4-25(2)38-35(42)33(22-26-10-6-5-7-11-26)39(23-27-12-8-9-13-32(27)36)34(41)24-40(29-16-14-28(37)15-17-29)46(43,44)31-20-18-30(45-3)19-21-31/h5-21,25,33H,4,22-24H2,1-3H3,(H,38,42)/t25-,33+/m0/s1. The molecule has 46 heavy (non-hydrogen) atoms. The number of carbonyl (C=O) groups is 2. The monoisotopic (exact) mass is 665 g/mol. The molecule has 2 amide bonds. The summed E-state index contributed by atoms with van der Waals surface area (Å²) in [7, 11) is -2.89. The number of carbonyl (C=O) groups excluding carboxylic acids is 2. The van der Waals surface area contributed by atoms with E-state index in [4.69, 9.17) is 16.3 Å². The molecule has 0 unspecified atom stereocenters. The van der Waals surface area contributed by atoms with Gasteiger partial charge in [-0.25, -0.2) is 12.8 Å². The second kappa shape index (κ2) is 15.7. The third-order valence-electron chi connectivity index (χ3n) is 7.61. The highest BCUT2D eigenvalue weighted by Gasteiger charge is 2.35. The van der Waals surface area contributed by atoms with Gasteiger partial charge in [-0.2, -0.15) is 0 Å². The van der Waals surface area contributed by atoms with Crippen molar-refractivity contribution in [3.05, 3.63) is 125 Å². The number of anilines is 1. The van der Waals surface area contributed by atoms with E-state index in [1.807, 2.05) is 44.2 Å². The van der Waals surface area contributed by atoms with Gasteiger partial charge in [0, 0.05) is 24.0 Å². The lowest BCUT2D eigenvalue weighted by molar-refractivity contribution is -0.140. The molecular weight excluding hydrogens is 629 g/mol. The Morgan fingerprint density at radius 3 is 2.15 bits per heavy atom. The van der Waals surface area contributed by atoms with Crippen LogP contribution in [0.25, 0.3) is 0 Å². The molecule has 0 heterocycles. The summed E-state index contributed by atoms with van der Waals surface area (Å²) in [5.41, 5.74) is 1.47. The smallest absolute Gasteiger partial charge is 0.264 e. The molecule has 4 aromatic carbocycles. The van der Waals surface area contributed by atoms with Crippen LogP contribution in [0.15, 0.2) is 108 Å². The molecule has 242 valence electrons. The van der Waals surface area contributed by atoms with Crippen LogP contribution in [-0.2, 0) is 32.6 Å². The molecule has 4 rings (SSSR count). The van der Waals surface area contributed by atoms with E-state index in [9.17, 15) is 22.4 Å². The van der Waals surface area contributed by atoms with Gasteiger partial charge in [-0.05, 0) is 79.1 Å². The third kappa shape index (κ3) is 8.64. The van der Waals surface area contributed by atoms with Crippen molar-refractivity contribution in [3.63, 3.8) is 0 Å². The summed E-state index contributed by atoms with van der Waals surface area (Å²) in [6.07, 6.45) is 0.835. The number of hydrogen-bond acceptors (Lipinski definition) is 5. The molecule has 0 aliphatic heterocycles. The van der Waals surface area contributed by atoms with E-state index in [0.29, 0.717) is 22.8 Å². The average Bonchev–Trinajstić information content (AvgIpc) is 3.06. The Morgan fingerprint density at radius 2 is 1.54 bits per heavy atom. The average molecular weight is 666 g/mol. The highest BCUT2D eigenvalue weighted by atomic mass is 35.5. The molecule has 1 N–H and O–H groups in total. The fraction of sp³-hybridized carbons (Fsp3) is 0.257. The minimum absolute atomic E-state index is 0.0657. The number of ether oxygens (including phenoxy) is 1. The number of sulfonamides is 1. The minimum atomic E-state index is -4.35. The Balaban J connectivity index is 1.81. The van der Waals surface area contributed by atoms with Crippen LogP contribution in [0.2, 0.25) is 5.02 Å². The van der Waals surface area contributed by atoms with Crippen LogP contribution in [0.3, 0.4) is 0 Å². The van der Waals surface area contributed by atoms with Crippen LogP contribution in [-0.4, -0.2) is 50.9 Å². The van der Waals surface area contributed by atoms with Gasteiger partial charge in [0.05, 0.1) is 17.7 Å². The lowest BCUT2D eigenvalue weighted by Gasteiger charge is -2.34. The first-order valence-corrected chi connectivity index (χ1v) is 16.6. The van der Waals surface area contributed by atoms with Crippen molar-refractivity contribution in [3.8, 4) is 5.75 Å². The van der Waals surface area contributed by atoms with Gasteiger partial charge in [0.25, 0.3) is 10.0 Å². The molecule has 0 fully saturated rings. The first-order chi connectivity index (χ1) is 22.0. The summed E-state index contributed by atoms with van der Waals surface area (Å²) in [5, 5.41) is 3.38. The summed E-state index contributed by atoms with van der Waals surface area (Å²) in [4.78, 5) is 29.6. The van der Waals surface area contributed by atoms with Crippen molar-refractivity contribution in [1.29, 1.82) is 0 Å². The lowest BCUT2D eigenvalue weighted by atomic mass is 10.0. The molecule has 0 bridgehead atoms. The Labute approximate surface area is 274 Å². The number of amides is 2. The second-order valence-electron chi connectivity index (χ2n) is 10.8. The third-order valence-corrected chi connectivity index (χ3v) is 9.77. The Hall–Kier alpha value is -4.41. The maximum Gasteiger partial charge on any atom is 0.264 e. The first-order valence-electron chi connectivity index (χ1n) is 14.8. The van der Waals surface area contributed by atoms with Gasteiger partial charge in [0.15, 0.2) is 0 Å². The van der Waals surface area contributed by atoms with Crippen molar-refractivity contribution in [2.24, 2.45) is 0 Å². The maximum atomic E-state index is 14.5. The lowest BCUT2D eigenvalue weighted by Crippen LogP contribution is -2.54. The van der Waals surface area contributed by atoms with Crippen molar-refractivity contribution in [2.45, 2.75) is 50.2 Å². The molecule has 8 nitrogen and oxygen atoms in total. The van der Waals surface area contributed by atoms with Crippen LogP contribution < -0.4 is 14.4 Å². The largest absolute Gasteiger partial charge is 0.497 e. The SMILES string of the molecule is CC[C@H](C)NC(=O)[C@@H](Cc1ccccc1)N(Cc1ccccc1Cl)C(=O)CN(c1ccc(F)cc1)S(=O)(=O)c1ccc(OC)cc1. The highest BCUT2D eigenvalue weighted by molar-refractivity contribution is 7.92. The molecule has 0 saturated carbocycles. The van der Waals surface area contributed by atoms with E-state index in [1.54, 1.807) is 24.3 Å². The van der Waals surface area contributed by atoms with E-state index in [-0.39, 0.29) is 35.5 Å². The number of halogens is 2. The molecule has 0 aliphatic rings. The highest BCUT2D eigenvalue weighted by Crippen LogP contribution is 2.27. The van der Waals surface area contributed by atoms with Gasteiger partial charge in [-0.15, -0.1) is 0 Å². The van der Waals surface area contributed by atoms with Gasteiger partial charge in [-0.3, -0.25) is 13.9 Å². The molecule has 2 atom stereocenters. The van der Waals surface area contributed by atoms with Gasteiger partial charge < -0.3 is 15.0 Å². The predicted molar refractivity (Wildman–Crippen MR) is 178 cm³/mol. The summed E-state index contributed by atoms with van der Waals surface area (Å²) >= 11 is 6.53. The Morgan fingerprint density at radius 1 is 0.913 bits per heavy atom. The van der Waals surface area contributed by atoms with Crippen LogP contribution in [0.1, 0.15) is 31.4 Å². The fourth-order valence-corrected chi connectivity index (χ4v) is 6.43. The molecule has 0 radical (unpaired) electrons. The van der Waals surface area contributed by atoms with Crippen LogP contribution in [0, 0.1) is 5.82 Å². The number of methoxy groups -OCH3 is 1. The quantitative estimate of drug-likeness (QED) is 0.172. The van der Waals surface area contributed by atoms with E-state index in [0.717, 1.165) is 22.0 Å². The van der Waals surface area contributed by atoms with Gasteiger partial charge in [0.1, 0.15) is 24.2 Å². The fourth-order valence-electron chi connectivity index (χ4n) is 4.82. The zero-order chi connectivity index (χ0) is 33.3. The zero-order valence-electron chi connectivity index (χ0n) is 25.9. The molecule has 0 spiro atoms. The summed E-state index contributed by atoms with van der Waals surface area (Å²) in [5.74, 6) is -1.15. The summed E-state index contributed by atoms with van der Waals surface area (Å²) < 4.78 is 48.2. The first kappa shape index (κ1) is 34.5. The number of hydrogen-bond donors (Lipinski definition) is 1. The molecule has 0 aromatic heterocycles. The summed E-state index contributed by atoms with van der Waals surface area (Å²) in [6, 6.07) is 25.6. The molecule has 11 heteroatoms. The normalized spacial score (nSPS) is 12.5. The van der Waals surface area contributed by atoms with Crippen LogP contribution in [0.5, 0.6) is 5.75 Å². The van der Waals surface area contributed by atoms with Crippen molar-refractivity contribution in [2.75, 3.05) is 18.0 Å².